The van der Waals surface area contributed by atoms with Gasteiger partial charge in [-0.15, -0.1) is 11.6 Å². The quantitative estimate of drug-likeness (QED) is 0.343. The van der Waals surface area contributed by atoms with E-state index >= 15 is 0 Å². The number of halogens is 1. The van der Waals surface area contributed by atoms with Crippen molar-refractivity contribution in [3.63, 3.8) is 0 Å². The molecule has 0 spiro atoms. The first-order chi connectivity index (χ1) is 19.9. The second-order valence-corrected chi connectivity index (χ2v) is 13.6. The molecule has 3 aliphatic rings. The van der Waals surface area contributed by atoms with Crippen molar-refractivity contribution >= 4 is 46.1 Å². The zero-order chi connectivity index (χ0) is 29.6. The van der Waals surface area contributed by atoms with E-state index in [1.807, 2.05) is 33.0 Å². The first kappa shape index (κ1) is 28.8. The van der Waals surface area contributed by atoms with Gasteiger partial charge in [-0.3, -0.25) is 4.90 Å². The van der Waals surface area contributed by atoms with Gasteiger partial charge >= 0.3 is 6.09 Å². The zero-order valence-electron chi connectivity index (χ0n) is 25.2. The van der Waals surface area contributed by atoms with Gasteiger partial charge in [-0.25, -0.2) is 19.8 Å². The maximum atomic E-state index is 12.5. The number of benzene rings is 1. The highest BCUT2D eigenvalue weighted by Crippen LogP contribution is 2.44. The molecule has 2 fully saturated rings. The molecular weight excluding hydrogens is 552 g/mol. The van der Waals surface area contributed by atoms with Crippen LogP contribution < -0.4 is 5.32 Å². The smallest absolute Gasteiger partial charge is 0.410 e. The second-order valence-electron chi connectivity index (χ2n) is 12.8. The Morgan fingerprint density at radius 3 is 2.64 bits per heavy atom. The summed E-state index contributed by atoms with van der Waals surface area (Å²) in [4.78, 5) is 29.3. The van der Waals surface area contributed by atoms with Crippen molar-refractivity contribution in [2.75, 3.05) is 51.6 Å². The van der Waals surface area contributed by atoms with Gasteiger partial charge < -0.3 is 24.9 Å². The lowest BCUT2D eigenvalue weighted by Gasteiger charge is -2.38. The number of carbonyl (C=O) groups is 1. The molecule has 42 heavy (non-hydrogen) atoms. The molecule has 11 heteroatoms. The molecule has 10 nitrogen and oxygen atoms in total. The van der Waals surface area contributed by atoms with Crippen LogP contribution in [0.25, 0.3) is 16.6 Å². The Hall–Kier alpha value is -3.34. The number of fused-ring (bicyclic) bond motifs is 1. The third-order valence-corrected chi connectivity index (χ3v) is 8.76. The molecular formula is C31H41ClN8O2. The molecule has 1 saturated carbocycles. The number of ether oxygens (including phenoxy) is 1. The predicted molar refractivity (Wildman–Crippen MR) is 167 cm³/mol. The van der Waals surface area contributed by atoms with Crippen molar-refractivity contribution in [2.24, 2.45) is 0 Å². The molecule has 4 heterocycles. The molecule has 1 unspecified atom stereocenters. The van der Waals surface area contributed by atoms with E-state index in [0.29, 0.717) is 19.0 Å². The van der Waals surface area contributed by atoms with E-state index in [2.05, 4.69) is 74.6 Å². The first-order valence-electron chi connectivity index (χ1n) is 14.8. The summed E-state index contributed by atoms with van der Waals surface area (Å²) in [7, 11) is 2.11. The lowest BCUT2D eigenvalue weighted by atomic mass is 10.1. The van der Waals surface area contributed by atoms with Crippen LogP contribution in [0.3, 0.4) is 0 Å². The monoisotopic (exact) mass is 592 g/mol. The molecule has 6 rings (SSSR count). The van der Waals surface area contributed by atoms with E-state index in [9.17, 15) is 4.79 Å². The molecule has 1 saturated heterocycles. The zero-order valence-corrected chi connectivity index (χ0v) is 25.9. The number of hydrogen-bond acceptors (Lipinski definition) is 8. The highest BCUT2D eigenvalue weighted by Gasteiger charge is 2.43. The number of aromatic amines is 1. The lowest BCUT2D eigenvalue weighted by Crippen LogP contribution is -2.50. The van der Waals surface area contributed by atoms with Crippen LogP contribution in [0.2, 0.25) is 0 Å². The largest absolute Gasteiger partial charge is 0.444 e. The average Bonchev–Trinajstić information content (AvgIpc) is 3.36. The topological polar surface area (TPSA) is 92.9 Å². The molecule has 1 aromatic carbocycles. The van der Waals surface area contributed by atoms with E-state index in [1.165, 1.54) is 11.1 Å². The number of pyridine rings is 1. The van der Waals surface area contributed by atoms with Crippen molar-refractivity contribution in [3.8, 4) is 0 Å². The number of likely N-dealkylation sites (N-methyl/N-ethyl adjacent to an activating group) is 1. The Labute approximate surface area is 252 Å². The highest BCUT2D eigenvalue weighted by molar-refractivity contribution is 6.26. The van der Waals surface area contributed by atoms with Crippen LogP contribution in [0.5, 0.6) is 0 Å². The minimum atomic E-state index is -0.486. The summed E-state index contributed by atoms with van der Waals surface area (Å²) in [5.74, 6) is 1.39. The fourth-order valence-electron chi connectivity index (χ4n) is 5.57. The van der Waals surface area contributed by atoms with E-state index < -0.39 is 5.60 Å². The van der Waals surface area contributed by atoms with E-state index in [4.69, 9.17) is 21.3 Å². The summed E-state index contributed by atoms with van der Waals surface area (Å²) >= 11 is 6.59. The van der Waals surface area contributed by atoms with E-state index in [1.54, 1.807) is 4.90 Å². The summed E-state index contributed by atoms with van der Waals surface area (Å²) in [5, 5.41) is 7.82. The maximum Gasteiger partial charge on any atom is 0.410 e. The number of imidazole rings is 1. The van der Waals surface area contributed by atoms with Gasteiger partial charge in [0, 0.05) is 58.2 Å². The van der Waals surface area contributed by atoms with Crippen molar-refractivity contribution in [1.82, 2.24) is 34.8 Å². The van der Waals surface area contributed by atoms with Gasteiger partial charge in [0.1, 0.15) is 11.4 Å². The Balaban J connectivity index is 1.09. The van der Waals surface area contributed by atoms with Gasteiger partial charge in [0.15, 0.2) is 0 Å². The SMILES string of the molecule is CC(c1ccnc(Nc2nc3ccc(C4=CN(CC5(Cl)CC5)N(C)C4)cc3[nH]2)c1)N1CCN(C(=O)OC(C)(C)C)CC1. The van der Waals surface area contributed by atoms with Crippen molar-refractivity contribution < 1.29 is 9.53 Å². The molecule has 3 aromatic rings. The first-order valence-corrected chi connectivity index (χ1v) is 15.1. The van der Waals surface area contributed by atoms with Gasteiger partial charge in [-0.05, 0) is 81.5 Å². The van der Waals surface area contributed by atoms with Crippen LogP contribution in [0, 0.1) is 0 Å². The standard InChI is InChI=1S/C31H41ClN8O2/c1-21(38-12-14-39(15-13-38)29(41)42-30(2,3)4)22-8-11-33-27(17-22)36-28-34-25-7-6-23(16-26(25)35-28)24-18-37(5)40(19-24)20-31(32)9-10-31/h6-8,11,16-17,19,21H,9-10,12-15,18,20H2,1-5H3,(H2,33,34,35,36). The van der Waals surface area contributed by atoms with Crippen molar-refractivity contribution in [1.29, 1.82) is 0 Å². The number of carbonyl (C=O) groups excluding carboxylic acids is 1. The Morgan fingerprint density at radius 2 is 1.93 bits per heavy atom. The van der Waals surface area contributed by atoms with Crippen LogP contribution >= 0.6 is 11.6 Å². The number of nitrogens with one attached hydrogen (secondary N) is 2. The second kappa shape index (κ2) is 11.1. The minimum Gasteiger partial charge on any atom is -0.444 e. The number of hydrogen-bond donors (Lipinski definition) is 2. The summed E-state index contributed by atoms with van der Waals surface area (Å²) < 4.78 is 5.54. The number of amides is 1. The predicted octanol–water partition coefficient (Wildman–Crippen LogP) is 5.59. The summed E-state index contributed by atoms with van der Waals surface area (Å²) in [6.07, 6.45) is 5.97. The van der Waals surface area contributed by atoms with Crippen LogP contribution in [-0.2, 0) is 4.74 Å². The molecule has 0 radical (unpaired) electrons. The van der Waals surface area contributed by atoms with E-state index in [0.717, 1.165) is 61.4 Å². The van der Waals surface area contributed by atoms with Gasteiger partial charge in [0.05, 0.1) is 22.5 Å². The third kappa shape index (κ3) is 6.50. The number of hydrazine groups is 1. The van der Waals surface area contributed by atoms with Gasteiger partial charge in [-0.2, -0.15) is 0 Å². The van der Waals surface area contributed by atoms with Gasteiger partial charge in [0.25, 0.3) is 0 Å². The van der Waals surface area contributed by atoms with Crippen LogP contribution in [0.1, 0.15) is 57.7 Å². The Bertz CT molecular complexity index is 1490. The molecule has 1 amide bonds. The summed E-state index contributed by atoms with van der Waals surface area (Å²) in [5.41, 5.74) is 4.98. The summed E-state index contributed by atoms with van der Waals surface area (Å²) in [6.45, 7) is 12.4. The fraction of sp³-hybridized carbons (Fsp3) is 0.516. The molecule has 1 atom stereocenters. The Kier molecular flexibility index (Phi) is 7.57. The molecule has 2 aromatic heterocycles. The van der Waals surface area contributed by atoms with Crippen LogP contribution in [-0.4, -0.2) is 97.7 Å². The number of nitrogens with zero attached hydrogens (tertiary/aromatic N) is 6. The van der Waals surface area contributed by atoms with Gasteiger partial charge in [0.2, 0.25) is 5.95 Å². The van der Waals surface area contributed by atoms with Crippen LogP contribution in [0.4, 0.5) is 16.6 Å². The number of piperazine rings is 1. The Morgan fingerprint density at radius 1 is 1.17 bits per heavy atom. The van der Waals surface area contributed by atoms with E-state index in [-0.39, 0.29) is 17.0 Å². The number of anilines is 2. The molecule has 0 bridgehead atoms. The average molecular weight is 593 g/mol. The summed E-state index contributed by atoms with van der Waals surface area (Å²) in [6, 6.07) is 10.6. The highest BCUT2D eigenvalue weighted by atomic mass is 35.5. The van der Waals surface area contributed by atoms with Crippen molar-refractivity contribution in [2.45, 2.75) is 57.1 Å². The van der Waals surface area contributed by atoms with Crippen molar-refractivity contribution in [3.05, 3.63) is 53.9 Å². The molecule has 2 N–H and O–H groups in total. The molecule has 224 valence electrons. The number of rotatable bonds is 7. The number of H-pyrrole nitrogens is 1. The molecule has 2 aliphatic heterocycles. The fourth-order valence-corrected chi connectivity index (χ4v) is 5.78. The lowest BCUT2D eigenvalue weighted by molar-refractivity contribution is 0.0110. The maximum absolute atomic E-state index is 12.5. The molecule has 1 aliphatic carbocycles. The third-order valence-electron chi connectivity index (χ3n) is 8.26. The minimum absolute atomic E-state index is 0.0615. The normalized spacial score (nSPS) is 20.1. The van der Waals surface area contributed by atoms with Crippen LogP contribution in [0.15, 0.2) is 42.7 Å². The van der Waals surface area contributed by atoms with Gasteiger partial charge in [-0.1, -0.05) is 6.07 Å². The number of aromatic nitrogens is 3. The number of alkyl halides is 1.